The maximum absolute atomic E-state index is 14.0. The van der Waals surface area contributed by atoms with Gasteiger partial charge in [0.25, 0.3) is 5.91 Å². The second kappa shape index (κ2) is 7.52. The molecule has 0 unspecified atom stereocenters. The number of carbonyl (C=O) groups is 3. The predicted octanol–water partition coefficient (Wildman–Crippen LogP) is 2.37. The first-order chi connectivity index (χ1) is 13.5. The van der Waals surface area contributed by atoms with E-state index in [4.69, 9.17) is 0 Å². The van der Waals surface area contributed by atoms with Crippen LogP contribution in [0.1, 0.15) is 24.8 Å². The zero-order valence-electron chi connectivity index (χ0n) is 15.2. The molecule has 2 aliphatic rings. The number of benzene rings is 2. The minimum absolute atomic E-state index is 0.00642. The Balaban J connectivity index is 1.40. The molecule has 0 aromatic heterocycles. The molecule has 7 heteroatoms. The lowest BCUT2D eigenvalue weighted by Gasteiger charge is -2.17. The number of hydrogen-bond donors (Lipinski definition) is 1. The van der Waals surface area contributed by atoms with Crippen molar-refractivity contribution >= 4 is 29.1 Å². The average Bonchev–Trinajstić information content (AvgIpc) is 3.24. The summed E-state index contributed by atoms with van der Waals surface area (Å²) in [5, 5.41) is 3.08. The van der Waals surface area contributed by atoms with E-state index in [-0.39, 0.29) is 18.0 Å². The first kappa shape index (κ1) is 18.3. The van der Waals surface area contributed by atoms with Crippen LogP contribution in [0, 0.1) is 5.82 Å². The summed E-state index contributed by atoms with van der Waals surface area (Å²) in [7, 11) is 0. The molecule has 2 aromatic rings. The van der Waals surface area contributed by atoms with Crippen molar-refractivity contribution in [3.63, 3.8) is 0 Å². The van der Waals surface area contributed by atoms with E-state index in [0.29, 0.717) is 13.0 Å². The van der Waals surface area contributed by atoms with E-state index in [2.05, 4.69) is 5.32 Å². The topological polar surface area (TPSA) is 69.7 Å². The molecule has 1 N–H and O–H groups in total. The lowest BCUT2D eigenvalue weighted by molar-refractivity contribution is -0.122. The van der Waals surface area contributed by atoms with Gasteiger partial charge in [-0.15, -0.1) is 0 Å². The summed E-state index contributed by atoms with van der Waals surface area (Å²) in [5.41, 5.74) is 1.78. The van der Waals surface area contributed by atoms with Crippen LogP contribution in [0.4, 0.5) is 15.8 Å². The first-order valence-electron chi connectivity index (χ1n) is 9.28. The molecule has 2 aromatic carbocycles. The Morgan fingerprint density at radius 2 is 1.75 bits per heavy atom. The van der Waals surface area contributed by atoms with Crippen molar-refractivity contribution < 1.29 is 18.8 Å². The van der Waals surface area contributed by atoms with Crippen LogP contribution in [0.15, 0.2) is 48.5 Å². The van der Waals surface area contributed by atoms with Crippen LogP contribution in [0.3, 0.4) is 0 Å². The quantitative estimate of drug-likeness (QED) is 0.808. The summed E-state index contributed by atoms with van der Waals surface area (Å²) >= 11 is 0. The van der Waals surface area contributed by atoms with Gasteiger partial charge in [0.05, 0.1) is 18.2 Å². The highest BCUT2D eigenvalue weighted by Crippen LogP contribution is 2.26. The van der Waals surface area contributed by atoms with Crippen LogP contribution in [0.2, 0.25) is 0 Å². The van der Waals surface area contributed by atoms with Crippen LogP contribution in [-0.4, -0.2) is 30.3 Å². The van der Waals surface area contributed by atoms with E-state index in [9.17, 15) is 18.8 Å². The second-order valence-electron chi connectivity index (χ2n) is 6.97. The minimum Gasteiger partial charge on any atom is -0.312 e. The fourth-order valence-electron chi connectivity index (χ4n) is 3.63. The number of nitrogens with zero attached hydrogens (tertiary/aromatic N) is 2. The van der Waals surface area contributed by atoms with Gasteiger partial charge >= 0.3 is 0 Å². The summed E-state index contributed by atoms with van der Waals surface area (Å²) in [5.74, 6) is -1.34. The molecule has 2 heterocycles. The molecule has 1 atom stereocenters. The molecule has 0 saturated carbocycles. The number of carbonyl (C=O) groups excluding carboxylic acids is 3. The number of halogens is 1. The maximum Gasteiger partial charge on any atom is 0.251 e. The van der Waals surface area contributed by atoms with Crippen LogP contribution in [0.5, 0.6) is 0 Å². The van der Waals surface area contributed by atoms with E-state index in [0.717, 1.165) is 29.1 Å². The van der Waals surface area contributed by atoms with Crippen molar-refractivity contribution in [1.29, 1.82) is 0 Å². The number of nitrogens with one attached hydrogen (secondary N) is 1. The van der Waals surface area contributed by atoms with Crippen LogP contribution in [0.25, 0.3) is 0 Å². The van der Waals surface area contributed by atoms with Gasteiger partial charge in [0.2, 0.25) is 11.8 Å². The van der Waals surface area contributed by atoms with Gasteiger partial charge in [0, 0.05) is 25.2 Å². The summed E-state index contributed by atoms with van der Waals surface area (Å²) < 4.78 is 14.0. The molecule has 0 bridgehead atoms. The molecule has 0 radical (unpaired) electrons. The van der Waals surface area contributed by atoms with Gasteiger partial charge in [0.1, 0.15) is 5.82 Å². The third-order valence-corrected chi connectivity index (χ3v) is 5.11. The number of para-hydroxylation sites is 1. The van der Waals surface area contributed by atoms with E-state index < -0.39 is 23.7 Å². The van der Waals surface area contributed by atoms with Crippen molar-refractivity contribution in [2.45, 2.75) is 31.8 Å². The molecule has 3 amide bonds. The fourth-order valence-corrected chi connectivity index (χ4v) is 3.63. The Labute approximate surface area is 161 Å². The molecule has 0 aliphatic carbocycles. The Hall–Kier alpha value is -3.06. The molecule has 2 saturated heterocycles. The van der Waals surface area contributed by atoms with E-state index in [1.165, 1.54) is 18.2 Å². The number of rotatable bonds is 5. The lowest BCUT2D eigenvalue weighted by atomic mass is 10.1. The molecule has 28 heavy (non-hydrogen) atoms. The average molecular weight is 381 g/mol. The monoisotopic (exact) mass is 381 g/mol. The summed E-state index contributed by atoms with van der Waals surface area (Å²) in [4.78, 5) is 39.3. The van der Waals surface area contributed by atoms with Gasteiger partial charge < -0.3 is 10.2 Å². The smallest absolute Gasteiger partial charge is 0.251 e. The van der Waals surface area contributed by atoms with Crippen molar-refractivity contribution in [2.24, 2.45) is 0 Å². The summed E-state index contributed by atoms with van der Waals surface area (Å²) in [6.07, 6.45) is 1.45. The molecule has 6 nitrogen and oxygen atoms in total. The van der Waals surface area contributed by atoms with E-state index in [1.807, 2.05) is 24.3 Å². The van der Waals surface area contributed by atoms with E-state index >= 15 is 0 Å². The largest absolute Gasteiger partial charge is 0.312 e. The second-order valence-corrected chi connectivity index (χ2v) is 6.97. The van der Waals surface area contributed by atoms with Crippen molar-refractivity contribution in [3.05, 3.63) is 59.9 Å². The first-order valence-corrected chi connectivity index (χ1v) is 9.28. The van der Waals surface area contributed by atoms with Gasteiger partial charge in [-0.1, -0.05) is 24.3 Å². The highest BCUT2D eigenvalue weighted by atomic mass is 19.1. The van der Waals surface area contributed by atoms with Crippen molar-refractivity contribution in [2.75, 3.05) is 16.3 Å². The highest BCUT2D eigenvalue weighted by molar-refractivity contribution is 6.22. The van der Waals surface area contributed by atoms with Gasteiger partial charge in [-0.2, -0.15) is 0 Å². The van der Waals surface area contributed by atoms with Crippen LogP contribution < -0.4 is 15.1 Å². The lowest BCUT2D eigenvalue weighted by Crippen LogP contribution is -2.38. The van der Waals surface area contributed by atoms with Crippen molar-refractivity contribution in [3.8, 4) is 0 Å². The molecular formula is C21H20FN3O3. The molecule has 0 spiro atoms. The number of amides is 3. The molecule has 2 fully saturated rings. The third kappa shape index (κ3) is 3.41. The highest BCUT2D eigenvalue weighted by Gasteiger charge is 2.40. The third-order valence-electron chi connectivity index (χ3n) is 5.11. The van der Waals surface area contributed by atoms with Gasteiger partial charge in [0.15, 0.2) is 0 Å². The minimum atomic E-state index is -0.688. The summed E-state index contributed by atoms with van der Waals surface area (Å²) in [6, 6.07) is 12.6. The SMILES string of the molecule is O=C1CCCN1c1ccc(CN[C@H]2CC(=O)N(c3ccccc3F)C2=O)cc1. The Morgan fingerprint density at radius 3 is 2.43 bits per heavy atom. The summed E-state index contributed by atoms with van der Waals surface area (Å²) in [6.45, 7) is 1.13. The van der Waals surface area contributed by atoms with E-state index in [1.54, 1.807) is 11.0 Å². The Morgan fingerprint density at radius 1 is 1.00 bits per heavy atom. The molecule has 144 valence electrons. The fraction of sp³-hybridized carbons (Fsp3) is 0.286. The number of anilines is 2. The molecular weight excluding hydrogens is 361 g/mol. The maximum atomic E-state index is 14.0. The number of imide groups is 1. The Kier molecular flexibility index (Phi) is 4.92. The van der Waals surface area contributed by atoms with Crippen LogP contribution in [-0.2, 0) is 20.9 Å². The number of hydrogen-bond acceptors (Lipinski definition) is 4. The van der Waals surface area contributed by atoms with Crippen molar-refractivity contribution in [1.82, 2.24) is 5.32 Å². The van der Waals surface area contributed by atoms with Crippen LogP contribution >= 0.6 is 0 Å². The normalized spacial score (nSPS) is 19.8. The molecule has 2 aliphatic heterocycles. The Bertz CT molecular complexity index is 929. The van der Waals surface area contributed by atoms with Gasteiger partial charge in [-0.05, 0) is 36.2 Å². The predicted molar refractivity (Wildman–Crippen MR) is 102 cm³/mol. The van der Waals surface area contributed by atoms with Gasteiger partial charge in [-0.3, -0.25) is 14.4 Å². The standard InChI is InChI=1S/C21H20FN3O3/c22-16-4-1-2-5-18(16)25-20(27)12-17(21(25)28)23-13-14-7-9-15(10-8-14)24-11-3-6-19(24)26/h1-2,4-5,7-10,17,23H,3,6,11-13H2/t17-/m0/s1. The molecule has 4 rings (SSSR count). The zero-order chi connectivity index (χ0) is 19.7. The van der Waals surface area contributed by atoms with Gasteiger partial charge in [-0.25, -0.2) is 9.29 Å². The zero-order valence-corrected chi connectivity index (χ0v) is 15.2.